The van der Waals surface area contributed by atoms with Crippen molar-refractivity contribution in [3.05, 3.63) is 24.3 Å². The highest BCUT2D eigenvalue weighted by molar-refractivity contribution is 7.80. The fraction of sp³-hybridized carbons (Fsp3) is 0.182. The molecule has 2 rings (SSSR count). The number of aromatic nitrogens is 4. The summed E-state index contributed by atoms with van der Waals surface area (Å²) in [7, 11) is 1.22. The maximum Gasteiger partial charge on any atom is 0.315 e. The normalized spacial score (nSPS) is 10.1. The van der Waals surface area contributed by atoms with Crippen LogP contribution in [0.1, 0.15) is 6.42 Å². The van der Waals surface area contributed by atoms with E-state index >= 15 is 0 Å². The second-order valence-corrected chi connectivity index (χ2v) is 4.11. The molecule has 1 aromatic carbocycles. The summed E-state index contributed by atoms with van der Waals surface area (Å²) in [5, 5.41) is 13.8. The average molecular weight is 293 g/mol. The van der Waals surface area contributed by atoms with E-state index in [-0.39, 0.29) is 11.6 Å². The van der Waals surface area contributed by atoms with Gasteiger partial charge in [0.2, 0.25) is 11.1 Å². The van der Waals surface area contributed by atoms with Gasteiger partial charge in [-0.1, -0.05) is 12.1 Å². The minimum absolute atomic E-state index is 0.277. The fourth-order valence-electron chi connectivity index (χ4n) is 1.50. The van der Waals surface area contributed by atoms with Gasteiger partial charge in [0.05, 0.1) is 18.5 Å². The molecule has 0 spiro atoms. The number of methoxy groups -OCH3 is 1. The molecule has 1 amide bonds. The van der Waals surface area contributed by atoms with Crippen LogP contribution in [0.5, 0.6) is 0 Å². The van der Waals surface area contributed by atoms with Crippen molar-refractivity contribution in [1.82, 2.24) is 20.2 Å². The number of carbonyl (C=O) groups is 2. The Hall–Kier alpha value is -2.42. The Balaban J connectivity index is 2.23. The number of hydrogen-bond acceptors (Lipinski definition) is 7. The Labute approximate surface area is 119 Å². The molecule has 0 saturated carbocycles. The molecule has 20 heavy (non-hydrogen) atoms. The van der Waals surface area contributed by atoms with E-state index in [9.17, 15) is 9.59 Å². The molecule has 9 heteroatoms. The first-order chi connectivity index (χ1) is 9.61. The number of hydrogen-bond donors (Lipinski definition) is 2. The second-order valence-electron chi connectivity index (χ2n) is 3.71. The number of ether oxygens (including phenoxy) is 1. The van der Waals surface area contributed by atoms with Crippen molar-refractivity contribution in [3.8, 4) is 5.69 Å². The van der Waals surface area contributed by atoms with Crippen LogP contribution >= 0.6 is 12.6 Å². The zero-order valence-electron chi connectivity index (χ0n) is 10.5. The van der Waals surface area contributed by atoms with Crippen molar-refractivity contribution in [3.63, 3.8) is 0 Å². The standard InChI is InChI=1S/C11H11N5O3S/c1-19-10(18)6-9(17)12-7-4-2-3-5-8(7)16-11(20)13-14-15-16/h2-5H,6H2,1H3,(H,12,17)(H,13,15,20). The van der Waals surface area contributed by atoms with Crippen molar-refractivity contribution in [2.75, 3.05) is 12.4 Å². The number of para-hydroxylation sites is 2. The summed E-state index contributed by atoms with van der Waals surface area (Å²) >= 11 is 4.11. The molecule has 0 fully saturated rings. The molecule has 0 radical (unpaired) electrons. The zero-order chi connectivity index (χ0) is 14.5. The molecule has 0 aliphatic rings. The number of benzene rings is 1. The van der Waals surface area contributed by atoms with Crippen molar-refractivity contribution in [2.24, 2.45) is 0 Å². The topological polar surface area (TPSA) is 99.0 Å². The van der Waals surface area contributed by atoms with Gasteiger partial charge in [0, 0.05) is 0 Å². The van der Waals surface area contributed by atoms with E-state index in [1.807, 2.05) is 0 Å². The summed E-state index contributed by atoms with van der Waals surface area (Å²) in [5.41, 5.74) is 1.00. The first-order valence-corrected chi connectivity index (χ1v) is 6.00. The second kappa shape index (κ2) is 6.15. The predicted molar refractivity (Wildman–Crippen MR) is 71.7 cm³/mol. The number of nitrogens with zero attached hydrogens (tertiary/aromatic N) is 4. The summed E-state index contributed by atoms with van der Waals surface area (Å²) in [4.78, 5) is 22.7. The summed E-state index contributed by atoms with van der Waals surface area (Å²) in [6.07, 6.45) is -0.367. The fourth-order valence-corrected chi connectivity index (χ4v) is 1.69. The van der Waals surface area contributed by atoms with E-state index in [0.717, 1.165) is 0 Å². The highest BCUT2D eigenvalue weighted by Crippen LogP contribution is 2.21. The van der Waals surface area contributed by atoms with E-state index < -0.39 is 11.9 Å². The maximum absolute atomic E-state index is 11.7. The van der Waals surface area contributed by atoms with Gasteiger partial charge in [0.25, 0.3) is 0 Å². The SMILES string of the molecule is COC(=O)CC(=O)Nc1ccccc1-n1nnnc1S. The smallest absolute Gasteiger partial charge is 0.315 e. The Morgan fingerprint density at radius 3 is 2.80 bits per heavy atom. The molecule has 1 aromatic heterocycles. The molecular weight excluding hydrogens is 282 g/mol. The molecule has 2 aromatic rings. The van der Waals surface area contributed by atoms with E-state index in [1.165, 1.54) is 11.8 Å². The molecule has 1 heterocycles. The molecule has 0 aliphatic carbocycles. The van der Waals surface area contributed by atoms with Crippen LogP contribution in [0.2, 0.25) is 0 Å². The van der Waals surface area contributed by atoms with Gasteiger partial charge in [0.1, 0.15) is 6.42 Å². The third-order valence-corrected chi connectivity index (χ3v) is 2.67. The van der Waals surface area contributed by atoms with Gasteiger partial charge in [-0.05, 0) is 22.6 Å². The number of anilines is 1. The number of rotatable bonds is 4. The molecule has 0 saturated heterocycles. The van der Waals surface area contributed by atoms with E-state index in [0.29, 0.717) is 11.4 Å². The first kappa shape index (κ1) is 14.0. The lowest BCUT2D eigenvalue weighted by Gasteiger charge is -2.10. The molecule has 0 bridgehead atoms. The molecule has 0 aliphatic heterocycles. The van der Waals surface area contributed by atoms with E-state index in [2.05, 4.69) is 38.2 Å². The molecular formula is C11H11N5O3S. The third kappa shape index (κ3) is 3.12. The number of amides is 1. The van der Waals surface area contributed by atoms with Crippen molar-refractivity contribution in [1.29, 1.82) is 0 Å². The van der Waals surface area contributed by atoms with Crippen LogP contribution in [0.4, 0.5) is 5.69 Å². The Morgan fingerprint density at radius 1 is 1.40 bits per heavy atom. The van der Waals surface area contributed by atoms with Crippen LogP contribution in [0.25, 0.3) is 5.69 Å². The summed E-state index contributed by atoms with van der Waals surface area (Å²) in [6.45, 7) is 0. The largest absolute Gasteiger partial charge is 0.469 e. The minimum Gasteiger partial charge on any atom is -0.469 e. The monoisotopic (exact) mass is 293 g/mol. The van der Waals surface area contributed by atoms with Crippen molar-refractivity contribution >= 4 is 30.2 Å². The number of nitrogens with one attached hydrogen (secondary N) is 1. The highest BCUT2D eigenvalue weighted by atomic mass is 32.1. The lowest BCUT2D eigenvalue weighted by molar-refractivity contribution is -0.142. The molecule has 1 N–H and O–H groups in total. The van der Waals surface area contributed by atoms with Crippen LogP contribution in [0.15, 0.2) is 29.4 Å². The summed E-state index contributed by atoms with van der Waals surface area (Å²) in [5.74, 6) is -1.10. The van der Waals surface area contributed by atoms with Gasteiger partial charge in [-0.3, -0.25) is 9.59 Å². The lowest BCUT2D eigenvalue weighted by atomic mass is 10.2. The molecule has 0 unspecified atom stereocenters. The number of tetrazole rings is 1. The highest BCUT2D eigenvalue weighted by Gasteiger charge is 2.14. The van der Waals surface area contributed by atoms with Crippen LogP contribution in [0, 0.1) is 0 Å². The van der Waals surface area contributed by atoms with Crippen LogP contribution in [-0.2, 0) is 14.3 Å². The van der Waals surface area contributed by atoms with Gasteiger partial charge in [-0.2, -0.15) is 4.68 Å². The predicted octanol–water partition coefficient (Wildman–Crippen LogP) is 0.453. The van der Waals surface area contributed by atoms with Gasteiger partial charge in [-0.25, -0.2) is 0 Å². The Bertz CT molecular complexity index is 642. The Kier molecular flexibility index (Phi) is 4.31. The first-order valence-electron chi connectivity index (χ1n) is 5.55. The van der Waals surface area contributed by atoms with Crippen LogP contribution in [-0.4, -0.2) is 39.2 Å². The van der Waals surface area contributed by atoms with Gasteiger partial charge < -0.3 is 10.1 Å². The lowest BCUT2D eigenvalue weighted by Crippen LogP contribution is -2.18. The maximum atomic E-state index is 11.7. The Morgan fingerprint density at radius 2 is 2.15 bits per heavy atom. The van der Waals surface area contributed by atoms with Gasteiger partial charge >= 0.3 is 5.97 Å². The third-order valence-electron chi connectivity index (χ3n) is 2.39. The molecule has 104 valence electrons. The molecule has 8 nitrogen and oxygen atoms in total. The van der Waals surface area contributed by atoms with Gasteiger partial charge in [0.15, 0.2) is 0 Å². The molecule has 0 atom stereocenters. The average Bonchev–Trinajstić information content (AvgIpc) is 2.85. The van der Waals surface area contributed by atoms with Crippen LogP contribution in [0.3, 0.4) is 0 Å². The van der Waals surface area contributed by atoms with E-state index in [1.54, 1.807) is 24.3 Å². The number of esters is 1. The zero-order valence-corrected chi connectivity index (χ0v) is 11.4. The van der Waals surface area contributed by atoms with Crippen molar-refractivity contribution in [2.45, 2.75) is 11.6 Å². The summed E-state index contributed by atoms with van der Waals surface area (Å²) in [6, 6.07) is 6.88. The van der Waals surface area contributed by atoms with Crippen molar-refractivity contribution < 1.29 is 14.3 Å². The quantitative estimate of drug-likeness (QED) is 0.482. The minimum atomic E-state index is -0.614. The number of carbonyl (C=O) groups excluding carboxylic acids is 2. The van der Waals surface area contributed by atoms with Gasteiger partial charge in [-0.15, -0.1) is 17.7 Å². The summed E-state index contributed by atoms with van der Waals surface area (Å²) < 4.78 is 5.79. The van der Waals surface area contributed by atoms with Crippen LogP contribution < -0.4 is 5.32 Å². The number of thiol groups is 1. The van der Waals surface area contributed by atoms with E-state index in [4.69, 9.17) is 0 Å².